The molecule has 0 aliphatic carbocycles. The minimum Gasteiger partial charge on any atom is -0.495 e. The third-order valence-electron chi connectivity index (χ3n) is 4.31. The van der Waals surface area contributed by atoms with Crippen molar-refractivity contribution in [1.82, 2.24) is 9.97 Å². The second-order valence-electron chi connectivity index (χ2n) is 6.20. The Hall–Kier alpha value is -3.25. The van der Waals surface area contributed by atoms with Crippen LogP contribution in [0.1, 0.15) is 15.9 Å². The summed E-state index contributed by atoms with van der Waals surface area (Å²) < 4.78 is 5.27. The molecule has 1 aromatic heterocycles. The number of amides is 1. The van der Waals surface area contributed by atoms with Crippen LogP contribution in [0.25, 0.3) is 11.0 Å². The zero-order chi connectivity index (χ0) is 19.3. The molecule has 3 aromatic carbocycles. The summed E-state index contributed by atoms with van der Waals surface area (Å²) in [4.78, 5) is 20.4. The molecule has 0 aliphatic rings. The van der Waals surface area contributed by atoms with Crippen LogP contribution in [0.3, 0.4) is 0 Å². The molecule has 140 valence electrons. The second-order valence-corrected chi connectivity index (χ2v) is 7.16. The molecule has 1 heterocycles. The fourth-order valence-corrected chi connectivity index (χ4v) is 3.69. The lowest BCUT2D eigenvalue weighted by molar-refractivity contribution is 0.102. The number of H-pyrrole nitrogens is 1. The average Bonchev–Trinajstić information content (AvgIpc) is 3.16. The van der Waals surface area contributed by atoms with Crippen LogP contribution in [0, 0.1) is 0 Å². The number of hydrogen-bond acceptors (Lipinski definition) is 4. The smallest absolute Gasteiger partial charge is 0.255 e. The van der Waals surface area contributed by atoms with Gasteiger partial charge in [-0.15, -0.1) is 0 Å². The van der Waals surface area contributed by atoms with Crippen LogP contribution in [0.2, 0.25) is 0 Å². The standard InChI is InChI=1S/C22H19N3O2S/c1-27-20-9-5-4-8-19(20)23-21(26)16-12-10-15(11-13-16)14-28-22-24-17-6-2-3-7-18(17)25-22/h2-13H,14H2,1H3,(H,23,26)(H,24,25). The normalized spacial score (nSPS) is 10.8. The lowest BCUT2D eigenvalue weighted by atomic mass is 10.1. The topological polar surface area (TPSA) is 67.0 Å². The molecule has 4 rings (SSSR count). The number of anilines is 1. The molecule has 6 heteroatoms. The number of para-hydroxylation sites is 4. The van der Waals surface area contributed by atoms with Crippen molar-refractivity contribution in [3.8, 4) is 5.75 Å². The van der Waals surface area contributed by atoms with E-state index in [9.17, 15) is 4.79 Å². The van der Waals surface area contributed by atoms with Crippen LogP contribution in [0.15, 0.2) is 78.0 Å². The summed E-state index contributed by atoms with van der Waals surface area (Å²) in [5, 5.41) is 3.77. The third-order valence-corrected chi connectivity index (χ3v) is 5.26. The molecule has 0 bridgehead atoms. The highest BCUT2D eigenvalue weighted by Gasteiger charge is 2.10. The molecule has 4 aromatic rings. The Morgan fingerprint density at radius 1 is 1.04 bits per heavy atom. The number of rotatable bonds is 6. The first-order valence-corrected chi connectivity index (χ1v) is 9.82. The number of benzene rings is 3. The molecule has 0 saturated heterocycles. The number of ether oxygens (including phenoxy) is 1. The summed E-state index contributed by atoms with van der Waals surface area (Å²) in [6.45, 7) is 0. The molecular formula is C22H19N3O2S. The van der Waals surface area contributed by atoms with Crippen molar-refractivity contribution in [2.24, 2.45) is 0 Å². The first-order chi connectivity index (χ1) is 13.7. The number of methoxy groups -OCH3 is 1. The number of carbonyl (C=O) groups is 1. The van der Waals surface area contributed by atoms with Gasteiger partial charge >= 0.3 is 0 Å². The fourth-order valence-electron chi connectivity index (χ4n) is 2.84. The van der Waals surface area contributed by atoms with Gasteiger partial charge in [-0.2, -0.15) is 0 Å². The number of aromatic amines is 1. The highest BCUT2D eigenvalue weighted by Crippen LogP contribution is 2.25. The summed E-state index contributed by atoms with van der Waals surface area (Å²) >= 11 is 1.64. The Labute approximate surface area is 167 Å². The third kappa shape index (κ3) is 4.02. The number of carbonyl (C=O) groups excluding carboxylic acids is 1. The maximum Gasteiger partial charge on any atom is 0.255 e. The van der Waals surface area contributed by atoms with Crippen molar-refractivity contribution in [3.63, 3.8) is 0 Å². The first kappa shape index (κ1) is 18.1. The van der Waals surface area contributed by atoms with Crippen molar-refractivity contribution in [2.75, 3.05) is 12.4 Å². The molecule has 0 unspecified atom stereocenters. The van der Waals surface area contributed by atoms with Gasteiger partial charge in [0.15, 0.2) is 5.16 Å². The zero-order valence-corrected chi connectivity index (χ0v) is 16.1. The van der Waals surface area contributed by atoms with E-state index in [4.69, 9.17) is 4.74 Å². The van der Waals surface area contributed by atoms with Gasteiger partial charge < -0.3 is 15.0 Å². The summed E-state index contributed by atoms with van der Waals surface area (Å²) in [6, 6.07) is 22.9. The molecule has 0 fully saturated rings. The lowest BCUT2D eigenvalue weighted by Crippen LogP contribution is -2.12. The van der Waals surface area contributed by atoms with Gasteiger partial charge in [-0.1, -0.05) is 48.2 Å². The predicted octanol–water partition coefficient (Wildman–Crippen LogP) is 5.12. The minimum atomic E-state index is -0.166. The number of thioether (sulfide) groups is 1. The second kappa shape index (κ2) is 8.19. The van der Waals surface area contributed by atoms with E-state index in [1.807, 2.05) is 72.8 Å². The lowest BCUT2D eigenvalue weighted by Gasteiger charge is -2.10. The van der Waals surface area contributed by atoms with Crippen molar-refractivity contribution in [3.05, 3.63) is 83.9 Å². The first-order valence-electron chi connectivity index (χ1n) is 8.84. The van der Waals surface area contributed by atoms with Gasteiger partial charge in [0.1, 0.15) is 5.75 Å². The van der Waals surface area contributed by atoms with Gasteiger partial charge in [0.2, 0.25) is 0 Å². The van der Waals surface area contributed by atoms with Gasteiger partial charge in [0.05, 0.1) is 23.8 Å². The average molecular weight is 389 g/mol. The van der Waals surface area contributed by atoms with Crippen molar-refractivity contribution in [2.45, 2.75) is 10.9 Å². The monoisotopic (exact) mass is 389 g/mol. The van der Waals surface area contributed by atoms with E-state index >= 15 is 0 Å². The molecule has 0 aliphatic heterocycles. The number of hydrogen-bond donors (Lipinski definition) is 2. The molecule has 0 saturated carbocycles. The predicted molar refractivity (Wildman–Crippen MR) is 113 cm³/mol. The quantitative estimate of drug-likeness (QED) is 0.449. The molecule has 1 amide bonds. The van der Waals surface area contributed by atoms with Crippen LogP contribution < -0.4 is 10.1 Å². The highest BCUT2D eigenvalue weighted by atomic mass is 32.2. The summed E-state index contributed by atoms with van der Waals surface area (Å²) in [6.07, 6.45) is 0. The maximum atomic E-state index is 12.5. The summed E-state index contributed by atoms with van der Waals surface area (Å²) in [7, 11) is 1.58. The number of fused-ring (bicyclic) bond motifs is 1. The molecule has 0 radical (unpaired) electrons. The number of nitrogens with zero attached hydrogens (tertiary/aromatic N) is 1. The summed E-state index contributed by atoms with van der Waals surface area (Å²) in [5.41, 5.74) is 4.38. The van der Waals surface area contributed by atoms with Crippen LogP contribution in [0.4, 0.5) is 5.69 Å². The molecule has 0 spiro atoms. The van der Waals surface area contributed by atoms with E-state index < -0.39 is 0 Å². The van der Waals surface area contributed by atoms with Crippen molar-refractivity contribution in [1.29, 1.82) is 0 Å². The Morgan fingerprint density at radius 3 is 2.57 bits per heavy atom. The maximum absolute atomic E-state index is 12.5. The molecule has 28 heavy (non-hydrogen) atoms. The zero-order valence-electron chi connectivity index (χ0n) is 15.3. The largest absolute Gasteiger partial charge is 0.495 e. The number of nitrogens with one attached hydrogen (secondary N) is 2. The van der Waals surface area contributed by atoms with Crippen molar-refractivity contribution >= 4 is 34.4 Å². The SMILES string of the molecule is COc1ccccc1NC(=O)c1ccc(CSc2nc3ccccc3[nH]2)cc1. The van der Waals surface area contributed by atoms with E-state index in [0.717, 1.165) is 27.5 Å². The van der Waals surface area contributed by atoms with E-state index in [0.29, 0.717) is 17.0 Å². The highest BCUT2D eigenvalue weighted by molar-refractivity contribution is 7.98. The van der Waals surface area contributed by atoms with Crippen LogP contribution in [-0.2, 0) is 5.75 Å². The van der Waals surface area contributed by atoms with Crippen LogP contribution >= 0.6 is 11.8 Å². The number of aromatic nitrogens is 2. The van der Waals surface area contributed by atoms with Crippen LogP contribution in [-0.4, -0.2) is 23.0 Å². The minimum absolute atomic E-state index is 0.166. The Bertz CT molecular complexity index is 1070. The van der Waals surface area contributed by atoms with Gasteiger partial charge in [-0.25, -0.2) is 4.98 Å². The Morgan fingerprint density at radius 2 is 1.79 bits per heavy atom. The van der Waals surface area contributed by atoms with E-state index in [-0.39, 0.29) is 5.91 Å². The van der Waals surface area contributed by atoms with Gasteiger partial charge in [-0.3, -0.25) is 4.79 Å². The number of imidazole rings is 1. The summed E-state index contributed by atoms with van der Waals surface area (Å²) in [5.74, 6) is 1.24. The van der Waals surface area contributed by atoms with Gasteiger partial charge in [0.25, 0.3) is 5.91 Å². The van der Waals surface area contributed by atoms with E-state index in [2.05, 4.69) is 15.3 Å². The van der Waals surface area contributed by atoms with E-state index in [1.165, 1.54) is 0 Å². The fraction of sp³-hybridized carbons (Fsp3) is 0.0909. The Balaban J connectivity index is 1.39. The van der Waals surface area contributed by atoms with Gasteiger partial charge in [0, 0.05) is 11.3 Å². The van der Waals surface area contributed by atoms with Gasteiger partial charge in [-0.05, 0) is 42.0 Å². The Kier molecular flexibility index (Phi) is 5.30. The molecule has 5 nitrogen and oxygen atoms in total. The van der Waals surface area contributed by atoms with E-state index in [1.54, 1.807) is 18.9 Å². The molecule has 2 N–H and O–H groups in total. The van der Waals surface area contributed by atoms with Crippen LogP contribution in [0.5, 0.6) is 5.75 Å². The van der Waals surface area contributed by atoms with Crippen molar-refractivity contribution < 1.29 is 9.53 Å². The molecule has 0 atom stereocenters. The molecular weight excluding hydrogens is 370 g/mol.